The van der Waals surface area contributed by atoms with E-state index in [1.54, 1.807) is 11.8 Å². The van der Waals surface area contributed by atoms with Crippen LogP contribution in [0.5, 0.6) is 0 Å². The van der Waals surface area contributed by atoms with Crippen LogP contribution < -0.4 is 0 Å². The molecule has 1 spiro atoms. The second-order valence-electron chi connectivity index (χ2n) is 8.38. The zero-order valence-corrected chi connectivity index (χ0v) is 15.7. The van der Waals surface area contributed by atoms with Gasteiger partial charge in [0.2, 0.25) is 11.7 Å². The molecule has 3 aliphatic rings. The van der Waals surface area contributed by atoms with Crippen molar-refractivity contribution in [3.05, 3.63) is 17.8 Å². The monoisotopic (exact) mass is 359 g/mol. The average molecular weight is 359 g/mol. The number of carbonyl (C=O) groups is 2. The minimum atomic E-state index is -0.378. The zero-order chi connectivity index (χ0) is 18.1. The van der Waals surface area contributed by atoms with Gasteiger partial charge >= 0.3 is 0 Å². The lowest BCUT2D eigenvalue weighted by Crippen LogP contribution is -2.51. The van der Waals surface area contributed by atoms with Crippen LogP contribution in [0.4, 0.5) is 0 Å². The predicted octanol–water partition coefficient (Wildman–Crippen LogP) is 3.02. The molecule has 1 atom stereocenters. The molecule has 2 saturated heterocycles. The first-order valence-corrected chi connectivity index (χ1v) is 10.1. The molecule has 6 heteroatoms. The van der Waals surface area contributed by atoms with Gasteiger partial charge in [-0.3, -0.25) is 9.59 Å². The first-order chi connectivity index (χ1) is 12.6. The molecule has 0 radical (unpaired) electrons. The zero-order valence-electron chi connectivity index (χ0n) is 15.7. The molecule has 3 fully saturated rings. The van der Waals surface area contributed by atoms with E-state index >= 15 is 0 Å². The summed E-state index contributed by atoms with van der Waals surface area (Å²) in [4.78, 5) is 33.9. The minimum absolute atomic E-state index is 0.130. The van der Waals surface area contributed by atoms with Crippen LogP contribution in [0.15, 0.2) is 10.8 Å². The molecule has 1 saturated carbocycles. The quantitative estimate of drug-likeness (QED) is 0.832. The average Bonchev–Trinajstić information content (AvgIpc) is 3.27. The lowest BCUT2D eigenvalue weighted by atomic mass is 9.77. The molecule has 6 nitrogen and oxygen atoms in total. The maximum atomic E-state index is 13.3. The summed E-state index contributed by atoms with van der Waals surface area (Å²) < 4.78 is 5.27. The summed E-state index contributed by atoms with van der Waals surface area (Å²) in [5, 5.41) is 0. The lowest BCUT2D eigenvalue weighted by Gasteiger charge is -2.41. The third-order valence-electron chi connectivity index (χ3n) is 6.61. The summed E-state index contributed by atoms with van der Waals surface area (Å²) in [5.41, 5.74) is 0.237. The minimum Gasteiger partial charge on any atom is -0.438 e. The summed E-state index contributed by atoms with van der Waals surface area (Å²) in [7, 11) is 0. The Bertz CT molecular complexity index is 680. The van der Waals surface area contributed by atoms with Crippen LogP contribution in [0.2, 0.25) is 0 Å². The second kappa shape index (κ2) is 7.05. The van der Waals surface area contributed by atoms with Crippen molar-refractivity contribution in [3.63, 3.8) is 0 Å². The van der Waals surface area contributed by atoms with Crippen molar-refractivity contribution in [2.24, 2.45) is 11.3 Å². The van der Waals surface area contributed by atoms with Gasteiger partial charge in [0.15, 0.2) is 6.39 Å². The number of aryl methyl sites for hydroxylation is 1. The van der Waals surface area contributed by atoms with Crippen molar-refractivity contribution >= 4 is 11.8 Å². The molecule has 0 bridgehead atoms. The number of hydrogen-bond acceptors (Lipinski definition) is 4. The fourth-order valence-electron chi connectivity index (χ4n) is 5.08. The van der Waals surface area contributed by atoms with E-state index in [1.807, 2.05) is 0 Å². The Hall–Kier alpha value is -1.85. The molecule has 4 rings (SSSR count). The predicted molar refractivity (Wildman–Crippen MR) is 96.6 cm³/mol. The molecule has 0 unspecified atom stereocenters. The lowest BCUT2D eigenvalue weighted by molar-refractivity contribution is -0.146. The first kappa shape index (κ1) is 17.6. The maximum Gasteiger partial charge on any atom is 0.291 e. The number of rotatable bonds is 3. The van der Waals surface area contributed by atoms with Crippen LogP contribution in [-0.2, 0) is 4.79 Å². The molecule has 0 aromatic carbocycles. The fourth-order valence-corrected chi connectivity index (χ4v) is 5.08. The van der Waals surface area contributed by atoms with Crippen LogP contribution in [0.25, 0.3) is 0 Å². The second-order valence-corrected chi connectivity index (χ2v) is 8.38. The molecule has 1 aliphatic carbocycles. The van der Waals surface area contributed by atoms with Crippen LogP contribution in [0.3, 0.4) is 0 Å². The number of aromatic nitrogens is 1. The molecular weight excluding hydrogens is 330 g/mol. The smallest absolute Gasteiger partial charge is 0.291 e. The van der Waals surface area contributed by atoms with E-state index in [9.17, 15) is 9.59 Å². The Morgan fingerprint density at radius 2 is 2.04 bits per heavy atom. The van der Waals surface area contributed by atoms with Crippen molar-refractivity contribution in [3.8, 4) is 0 Å². The van der Waals surface area contributed by atoms with Gasteiger partial charge in [0, 0.05) is 26.2 Å². The van der Waals surface area contributed by atoms with E-state index in [4.69, 9.17) is 4.42 Å². The maximum absolute atomic E-state index is 13.3. The molecule has 2 amide bonds. The van der Waals surface area contributed by atoms with Gasteiger partial charge in [-0.25, -0.2) is 4.98 Å². The highest BCUT2D eigenvalue weighted by Gasteiger charge is 2.50. The number of amides is 2. The molecule has 142 valence electrons. The summed E-state index contributed by atoms with van der Waals surface area (Å²) in [6.45, 7) is 4.72. The highest BCUT2D eigenvalue weighted by atomic mass is 16.3. The van der Waals surface area contributed by atoms with Crippen LogP contribution >= 0.6 is 0 Å². The number of nitrogens with zero attached hydrogens (tertiary/aromatic N) is 3. The molecule has 0 N–H and O–H groups in total. The largest absolute Gasteiger partial charge is 0.438 e. The van der Waals surface area contributed by atoms with Gasteiger partial charge in [0.05, 0.1) is 11.1 Å². The standard InChI is InChI=1S/C20H29N3O3/c1-15-17(26-14-21-15)18(24)23-11-9-20(13-23)8-5-10-22(19(20)25)12-16-6-3-2-4-7-16/h14,16H,2-13H2,1H3/t20-/m1/s1. The third kappa shape index (κ3) is 3.14. The molecular formula is C20H29N3O3. The van der Waals surface area contributed by atoms with E-state index < -0.39 is 0 Å². The molecule has 1 aromatic heterocycles. The normalized spacial score (nSPS) is 27.5. The molecule has 1 aromatic rings. The van der Waals surface area contributed by atoms with Crippen LogP contribution in [-0.4, -0.2) is 52.8 Å². The van der Waals surface area contributed by atoms with Gasteiger partial charge in [0.1, 0.15) is 0 Å². The van der Waals surface area contributed by atoms with E-state index in [2.05, 4.69) is 9.88 Å². The van der Waals surface area contributed by atoms with Crippen molar-refractivity contribution in [2.75, 3.05) is 26.2 Å². The Labute approximate surface area is 154 Å². The van der Waals surface area contributed by atoms with Gasteiger partial charge < -0.3 is 14.2 Å². The Kier molecular flexibility index (Phi) is 4.76. The van der Waals surface area contributed by atoms with Crippen molar-refractivity contribution in [2.45, 2.75) is 58.3 Å². The summed E-state index contributed by atoms with van der Waals surface area (Å²) in [6, 6.07) is 0. The van der Waals surface area contributed by atoms with Crippen LogP contribution in [0.1, 0.15) is 67.6 Å². The van der Waals surface area contributed by atoms with Crippen LogP contribution in [0, 0.1) is 18.3 Å². The summed E-state index contributed by atoms with van der Waals surface area (Å²) in [6.07, 6.45) is 10.5. The highest BCUT2D eigenvalue weighted by Crippen LogP contribution is 2.41. The summed E-state index contributed by atoms with van der Waals surface area (Å²) >= 11 is 0. The van der Waals surface area contributed by atoms with E-state index in [0.29, 0.717) is 30.5 Å². The molecule has 26 heavy (non-hydrogen) atoms. The Balaban J connectivity index is 1.43. The number of carbonyl (C=O) groups excluding carboxylic acids is 2. The van der Waals surface area contributed by atoms with E-state index in [1.165, 1.54) is 38.5 Å². The van der Waals surface area contributed by atoms with E-state index in [-0.39, 0.29) is 17.2 Å². The van der Waals surface area contributed by atoms with E-state index in [0.717, 1.165) is 32.4 Å². The van der Waals surface area contributed by atoms with Crippen molar-refractivity contribution in [1.29, 1.82) is 0 Å². The number of hydrogen-bond donors (Lipinski definition) is 0. The SMILES string of the molecule is Cc1ncoc1C(=O)N1CC[C@]2(CCCN(CC3CCCCC3)C2=O)C1. The van der Waals surface area contributed by atoms with Gasteiger partial charge in [0.25, 0.3) is 5.91 Å². The van der Waals surface area contributed by atoms with Gasteiger partial charge in [-0.05, 0) is 44.9 Å². The highest BCUT2D eigenvalue weighted by molar-refractivity contribution is 5.94. The van der Waals surface area contributed by atoms with Gasteiger partial charge in [-0.2, -0.15) is 0 Å². The molecule has 3 heterocycles. The fraction of sp³-hybridized carbons (Fsp3) is 0.750. The molecule has 2 aliphatic heterocycles. The Morgan fingerprint density at radius 3 is 2.77 bits per heavy atom. The van der Waals surface area contributed by atoms with Crippen molar-refractivity contribution in [1.82, 2.24) is 14.8 Å². The first-order valence-electron chi connectivity index (χ1n) is 10.1. The van der Waals surface area contributed by atoms with Crippen molar-refractivity contribution < 1.29 is 14.0 Å². The number of oxazole rings is 1. The third-order valence-corrected chi connectivity index (χ3v) is 6.61. The van der Waals surface area contributed by atoms with Gasteiger partial charge in [-0.15, -0.1) is 0 Å². The number of piperidine rings is 1. The number of likely N-dealkylation sites (tertiary alicyclic amines) is 2. The Morgan fingerprint density at radius 1 is 1.23 bits per heavy atom. The van der Waals surface area contributed by atoms with Gasteiger partial charge in [-0.1, -0.05) is 19.3 Å². The topological polar surface area (TPSA) is 66.7 Å². The summed E-state index contributed by atoms with van der Waals surface area (Å²) in [5.74, 6) is 1.12.